The van der Waals surface area contributed by atoms with Crippen molar-refractivity contribution in [3.63, 3.8) is 0 Å². The lowest BCUT2D eigenvalue weighted by atomic mass is 9.90. The second-order valence-electron chi connectivity index (χ2n) is 6.87. The highest BCUT2D eigenvalue weighted by Gasteiger charge is 2.51. The van der Waals surface area contributed by atoms with Crippen molar-refractivity contribution < 1.29 is 0 Å². The molecule has 0 N–H and O–H groups in total. The highest BCUT2D eigenvalue weighted by molar-refractivity contribution is 5.38. The van der Waals surface area contributed by atoms with Crippen molar-refractivity contribution in [2.75, 3.05) is 0 Å². The predicted octanol–water partition coefficient (Wildman–Crippen LogP) is 3.99. The van der Waals surface area contributed by atoms with Crippen molar-refractivity contribution in [1.82, 2.24) is 4.90 Å². The minimum atomic E-state index is 0.172. The quantitative estimate of drug-likeness (QED) is 0.545. The summed E-state index contributed by atoms with van der Waals surface area (Å²) in [6.07, 6.45) is 0. The van der Waals surface area contributed by atoms with Crippen LogP contribution in [-0.2, 0) is 0 Å². The van der Waals surface area contributed by atoms with Gasteiger partial charge in [0.25, 0.3) is 0 Å². The molecule has 0 unspecified atom stereocenters. The summed E-state index contributed by atoms with van der Waals surface area (Å²) in [5, 5.41) is 0. The standard InChI is InChI=1S/C14H27N/c1-10-11(2)14(8,9)15(12(3,4)5)13(10,6)7/h1-9H3. The van der Waals surface area contributed by atoms with Crippen molar-refractivity contribution in [2.24, 2.45) is 0 Å². The van der Waals surface area contributed by atoms with Crippen LogP contribution in [0, 0.1) is 0 Å². The van der Waals surface area contributed by atoms with Crippen LogP contribution in [0.3, 0.4) is 0 Å². The van der Waals surface area contributed by atoms with Gasteiger partial charge in [0, 0.05) is 16.6 Å². The van der Waals surface area contributed by atoms with Gasteiger partial charge in [0.15, 0.2) is 0 Å². The van der Waals surface area contributed by atoms with Crippen molar-refractivity contribution in [1.29, 1.82) is 0 Å². The van der Waals surface area contributed by atoms with Gasteiger partial charge in [-0.1, -0.05) is 11.1 Å². The molecule has 0 atom stereocenters. The van der Waals surface area contributed by atoms with E-state index in [1.165, 1.54) is 11.1 Å². The molecule has 0 aromatic carbocycles. The first-order valence-electron chi connectivity index (χ1n) is 5.92. The molecular formula is C14H27N. The third-order valence-corrected chi connectivity index (χ3v) is 4.19. The Labute approximate surface area is 95.5 Å². The average molecular weight is 209 g/mol. The molecule has 0 radical (unpaired) electrons. The summed E-state index contributed by atoms with van der Waals surface area (Å²) in [5.74, 6) is 0. The molecule has 0 aromatic heterocycles. The lowest BCUT2D eigenvalue weighted by Crippen LogP contribution is -2.59. The van der Waals surface area contributed by atoms with Crippen LogP contribution in [-0.4, -0.2) is 21.5 Å². The third kappa shape index (κ3) is 1.65. The van der Waals surface area contributed by atoms with E-state index in [4.69, 9.17) is 0 Å². The molecule has 1 aliphatic rings. The van der Waals surface area contributed by atoms with E-state index in [1.54, 1.807) is 0 Å². The number of hydrogen-bond acceptors (Lipinski definition) is 1. The molecule has 15 heavy (non-hydrogen) atoms. The molecule has 1 heterocycles. The first-order chi connectivity index (χ1) is 6.43. The van der Waals surface area contributed by atoms with Crippen LogP contribution < -0.4 is 0 Å². The summed E-state index contributed by atoms with van der Waals surface area (Å²) in [6.45, 7) is 20.8. The van der Waals surface area contributed by atoms with E-state index in [-0.39, 0.29) is 16.6 Å². The molecule has 0 saturated heterocycles. The molecule has 1 aliphatic heterocycles. The topological polar surface area (TPSA) is 3.24 Å². The third-order valence-electron chi connectivity index (χ3n) is 4.19. The van der Waals surface area contributed by atoms with Crippen LogP contribution in [0.25, 0.3) is 0 Å². The summed E-state index contributed by atoms with van der Waals surface area (Å²) in [6, 6.07) is 0. The number of rotatable bonds is 0. The molecule has 0 fully saturated rings. The van der Waals surface area contributed by atoms with Gasteiger partial charge in [-0.3, -0.25) is 4.90 Å². The zero-order valence-electron chi connectivity index (χ0n) is 11.9. The second kappa shape index (κ2) is 3.10. The summed E-state index contributed by atoms with van der Waals surface area (Å²) >= 11 is 0. The molecule has 1 heteroatoms. The SMILES string of the molecule is CC1=C(C)C(C)(C)N(C(C)(C)C)C1(C)C. The highest BCUT2D eigenvalue weighted by atomic mass is 15.3. The lowest BCUT2D eigenvalue weighted by Gasteiger charge is -2.51. The van der Waals surface area contributed by atoms with Crippen LogP contribution >= 0.6 is 0 Å². The van der Waals surface area contributed by atoms with E-state index in [1.807, 2.05) is 0 Å². The summed E-state index contributed by atoms with van der Waals surface area (Å²) in [7, 11) is 0. The van der Waals surface area contributed by atoms with Gasteiger partial charge in [0.05, 0.1) is 0 Å². The fourth-order valence-electron chi connectivity index (χ4n) is 3.63. The van der Waals surface area contributed by atoms with E-state index >= 15 is 0 Å². The molecule has 0 aromatic rings. The minimum absolute atomic E-state index is 0.172. The molecule has 1 nitrogen and oxygen atoms in total. The summed E-state index contributed by atoms with van der Waals surface area (Å²) in [5.41, 5.74) is 3.61. The zero-order chi connectivity index (χ0) is 12.2. The number of nitrogens with zero attached hydrogens (tertiary/aromatic N) is 1. The van der Waals surface area contributed by atoms with Crippen LogP contribution in [0.2, 0.25) is 0 Å². The fourth-order valence-corrected chi connectivity index (χ4v) is 3.63. The van der Waals surface area contributed by atoms with Crippen molar-refractivity contribution in [2.45, 2.75) is 78.9 Å². The van der Waals surface area contributed by atoms with Gasteiger partial charge in [0.2, 0.25) is 0 Å². The van der Waals surface area contributed by atoms with E-state index in [0.29, 0.717) is 0 Å². The Morgan fingerprint density at radius 2 is 1.07 bits per heavy atom. The van der Waals surface area contributed by atoms with Gasteiger partial charge in [-0.25, -0.2) is 0 Å². The molecule has 0 saturated carbocycles. The Bertz CT molecular complexity index is 276. The zero-order valence-corrected chi connectivity index (χ0v) is 11.9. The molecule has 0 amide bonds. The molecule has 0 aliphatic carbocycles. The smallest absolute Gasteiger partial charge is 0.0378 e. The highest BCUT2D eigenvalue weighted by Crippen LogP contribution is 2.48. The minimum Gasteiger partial charge on any atom is -0.281 e. The van der Waals surface area contributed by atoms with Gasteiger partial charge >= 0.3 is 0 Å². The average Bonchev–Trinajstić information content (AvgIpc) is 2.06. The van der Waals surface area contributed by atoms with E-state index in [0.717, 1.165) is 0 Å². The fraction of sp³-hybridized carbons (Fsp3) is 0.857. The Balaban J connectivity index is 3.34. The first-order valence-corrected chi connectivity index (χ1v) is 5.92. The normalized spacial score (nSPS) is 26.2. The first kappa shape index (κ1) is 12.8. The van der Waals surface area contributed by atoms with Gasteiger partial charge in [-0.05, 0) is 62.3 Å². The van der Waals surface area contributed by atoms with E-state index in [2.05, 4.69) is 67.2 Å². The van der Waals surface area contributed by atoms with Crippen molar-refractivity contribution in [3.8, 4) is 0 Å². The summed E-state index contributed by atoms with van der Waals surface area (Å²) < 4.78 is 0. The van der Waals surface area contributed by atoms with Crippen LogP contribution in [0.15, 0.2) is 11.1 Å². The maximum atomic E-state index is 2.64. The molecule has 88 valence electrons. The number of hydrogen-bond donors (Lipinski definition) is 0. The van der Waals surface area contributed by atoms with Gasteiger partial charge in [0.1, 0.15) is 0 Å². The lowest BCUT2D eigenvalue weighted by molar-refractivity contribution is -0.00239. The van der Waals surface area contributed by atoms with Gasteiger partial charge < -0.3 is 0 Å². The van der Waals surface area contributed by atoms with Gasteiger partial charge in [-0.15, -0.1) is 0 Å². The summed E-state index contributed by atoms with van der Waals surface area (Å²) in [4.78, 5) is 2.64. The Hall–Kier alpha value is -0.300. The Morgan fingerprint density at radius 1 is 0.800 bits per heavy atom. The predicted molar refractivity (Wildman–Crippen MR) is 68.1 cm³/mol. The molecule has 0 bridgehead atoms. The van der Waals surface area contributed by atoms with E-state index < -0.39 is 0 Å². The largest absolute Gasteiger partial charge is 0.281 e. The van der Waals surface area contributed by atoms with E-state index in [9.17, 15) is 0 Å². The second-order valence-corrected chi connectivity index (χ2v) is 6.87. The molecular weight excluding hydrogens is 182 g/mol. The Morgan fingerprint density at radius 3 is 1.20 bits per heavy atom. The molecule has 0 spiro atoms. The monoisotopic (exact) mass is 209 g/mol. The Kier molecular flexibility index (Phi) is 2.64. The van der Waals surface area contributed by atoms with Crippen molar-refractivity contribution in [3.05, 3.63) is 11.1 Å². The van der Waals surface area contributed by atoms with Gasteiger partial charge in [-0.2, -0.15) is 0 Å². The maximum absolute atomic E-state index is 2.64. The van der Waals surface area contributed by atoms with Crippen molar-refractivity contribution >= 4 is 0 Å². The van der Waals surface area contributed by atoms with Crippen LogP contribution in [0.1, 0.15) is 62.3 Å². The van der Waals surface area contributed by atoms with Crippen LogP contribution in [0.4, 0.5) is 0 Å². The van der Waals surface area contributed by atoms with Crippen LogP contribution in [0.5, 0.6) is 0 Å². The maximum Gasteiger partial charge on any atom is 0.0378 e. The molecule has 1 rings (SSSR count).